The number of nitrogens with zero attached hydrogens (tertiary/aromatic N) is 3. The van der Waals surface area contributed by atoms with E-state index >= 15 is 0 Å². The van der Waals surface area contributed by atoms with Gasteiger partial charge in [0.2, 0.25) is 0 Å². The van der Waals surface area contributed by atoms with E-state index in [1.165, 1.54) is 0 Å². The number of nitrogens with one attached hydrogen (secondary N) is 3. The average molecular weight is 406 g/mol. The predicted molar refractivity (Wildman–Crippen MR) is 117 cm³/mol. The normalized spacial score (nSPS) is 16.7. The zero-order chi connectivity index (χ0) is 21.1. The van der Waals surface area contributed by atoms with Crippen LogP contribution in [0.15, 0.2) is 41.5 Å². The number of likely N-dealkylation sites (tertiary alicyclic amines) is 1. The van der Waals surface area contributed by atoms with Crippen molar-refractivity contribution in [2.75, 3.05) is 25.5 Å². The second-order valence-electron chi connectivity index (χ2n) is 7.63. The quantitative estimate of drug-likeness (QED) is 0.578. The molecule has 0 bridgehead atoms. The average Bonchev–Trinajstić information content (AvgIpc) is 3.19. The van der Waals surface area contributed by atoms with Gasteiger partial charge in [0.25, 0.3) is 11.5 Å². The van der Waals surface area contributed by atoms with Crippen LogP contribution < -0.4 is 16.2 Å². The third-order valence-electron chi connectivity index (χ3n) is 5.48. The molecule has 3 aromatic rings. The molecule has 4 heterocycles. The lowest BCUT2D eigenvalue weighted by Crippen LogP contribution is -2.26. The molecule has 3 aromatic heterocycles. The van der Waals surface area contributed by atoms with Crippen LogP contribution in [0.2, 0.25) is 0 Å². The lowest BCUT2D eigenvalue weighted by molar-refractivity contribution is 0.0958. The maximum Gasteiger partial charge on any atom is 0.269 e. The van der Waals surface area contributed by atoms with Crippen molar-refractivity contribution in [3.8, 4) is 0 Å². The first-order chi connectivity index (χ1) is 14.6. The summed E-state index contributed by atoms with van der Waals surface area (Å²) in [5.41, 5.74) is 4.73. The van der Waals surface area contributed by atoms with Crippen LogP contribution in [0.5, 0.6) is 0 Å². The van der Waals surface area contributed by atoms with Crippen LogP contribution in [0.1, 0.15) is 35.0 Å². The fourth-order valence-corrected chi connectivity index (χ4v) is 3.85. The number of aromatic amines is 1. The SMILES string of the molecule is CCc1cc2ncc(CN3CC[C@@H](Nc4ccc(C(=O)NC)nc4)C3)cc2[nH]c1=O. The van der Waals surface area contributed by atoms with E-state index in [9.17, 15) is 9.59 Å². The van der Waals surface area contributed by atoms with Gasteiger partial charge in [-0.15, -0.1) is 0 Å². The van der Waals surface area contributed by atoms with Crippen molar-refractivity contribution in [2.45, 2.75) is 32.4 Å². The van der Waals surface area contributed by atoms with Gasteiger partial charge in [-0.3, -0.25) is 19.5 Å². The van der Waals surface area contributed by atoms with E-state index in [0.717, 1.165) is 53.9 Å². The topological polar surface area (TPSA) is 103 Å². The van der Waals surface area contributed by atoms with Crippen molar-refractivity contribution in [1.29, 1.82) is 0 Å². The Bertz CT molecular complexity index is 1110. The molecule has 1 atom stereocenters. The summed E-state index contributed by atoms with van der Waals surface area (Å²) in [4.78, 5) is 37.7. The second kappa shape index (κ2) is 8.62. The summed E-state index contributed by atoms with van der Waals surface area (Å²) >= 11 is 0. The summed E-state index contributed by atoms with van der Waals surface area (Å²) in [5.74, 6) is -0.190. The first kappa shape index (κ1) is 20.0. The van der Waals surface area contributed by atoms with Gasteiger partial charge in [0.15, 0.2) is 0 Å². The zero-order valence-corrected chi connectivity index (χ0v) is 17.2. The van der Waals surface area contributed by atoms with Crippen molar-refractivity contribution in [3.63, 3.8) is 0 Å². The molecule has 156 valence electrons. The number of hydrogen-bond donors (Lipinski definition) is 3. The number of aryl methyl sites for hydroxylation is 1. The number of pyridine rings is 3. The van der Waals surface area contributed by atoms with E-state index in [2.05, 4.69) is 30.5 Å². The van der Waals surface area contributed by atoms with Gasteiger partial charge in [-0.25, -0.2) is 4.98 Å². The van der Waals surface area contributed by atoms with Gasteiger partial charge in [0.05, 0.1) is 22.9 Å². The van der Waals surface area contributed by atoms with Gasteiger partial charge < -0.3 is 15.6 Å². The number of H-pyrrole nitrogens is 1. The van der Waals surface area contributed by atoms with Gasteiger partial charge in [0.1, 0.15) is 5.69 Å². The molecule has 8 nitrogen and oxygen atoms in total. The fourth-order valence-electron chi connectivity index (χ4n) is 3.85. The Balaban J connectivity index is 1.38. The minimum absolute atomic E-state index is 0.0366. The highest BCUT2D eigenvalue weighted by atomic mass is 16.1. The molecule has 3 N–H and O–H groups in total. The van der Waals surface area contributed by atoms with E-state index in [0.29, 0.717) is 18.2 Å². The fraction of sp³-hybridized carbons (Fsp3) is 0.364. The Hall–Kier alpha value is -3.26. The molecule has 0 aromatic carbocycles. The maximum absolute atomic E-state index is 12.1. The highest BCUT2D eigenvalue weighted by Crippen LogP contribution is 2.19. The number of hydrogen-bond acceptors (Lipinski definition) is 6. The van der Waals surface area contributed by atoms with Crippen LogP contribution >= 0.6 is 0 Å². The maximum atomic E-state index is 12.1. The molecule has 0 saturated carbocycles. The van der Waals surface area contributed by atoms with E-state index < -0.39 is 0 Å². The van der Waals surface area contributed by atoms with E-state index in [1.54, 1.807) is 19.3 Å². The molecule has 1 aliphatic rings. The Morgan fingerprint density at radius 2 is 2.13 bits per heavy atom. The van der Waals surface area contributed by atoms with Crippen LogP contribution in [-0.4, -0.2) is 51.9 Å². The summed E-state index contributed by atoms with van der Waals surface area (Å²) in [6.07, 6.45) is 5.31. The predicted octanol–water partition coefficient (Wildman–Crippen LogP) is 1.93. The molecule has 0 aliphatic carbocycles. The molecular weight excluding hydrogens is 380 g/mol. The number of amides is 1. The summed E-state index contributed by atoms with van der Waals surface area (Å²) in [7, 11) is 1.59. The smallest absolute Gasteiger partial charge is 0.269 e. The van der Waals surface area contributed by atoms with Gasteiger partial charge in [0, 0.05) is 44.5 Å². The first-order valence-electron chi connectivity index (χ1n) is 10.2. The largest absolute Gasteiger partial charge is 0.380 e. The van der Waals surface area contributed by atoms with Crippen LogP contribution in [-0.2, 0) is 13.0 Å². The zero-order valence-electron chi connectivity index (χ0n) is 17.2. The van der Waals surface area contributed by atoms with E-state index in [1.807, 2.05) is 31.3 Å². The van der Waals surface area contributed by atoms with Crippen molar-refractivity contribution < 1.29 is 4.79 Å². The second-order valence-corrected chi connectivity index (χ2v) is 7.63. The van der Waals surface area contributed by atoms with Crippen molar-refractivity contribution in [3.05, 3.63) is 63.8 Å². The molecule has 1 amide bonds. The first-order valence-corrected chi connectivity index (χ1v) is 10.2. The number of aromatic nitrogens is 3. The van der Waals surface area contributed by atoms with Crippen LogP contribution in [0.25, 0.3) is 11.0 Å². The third kappa shape index (κ3) is 4.33. The van der Waals surface area contributed by atoms with Crippen molar-refractivity contribution in [1.82, 2.24) is 25.2 Å². The standard InChI is InChI=1S/C22H26N6O2/c1-3-15-9-19-20(27-21(15)29)8-14(10-24-19)12-28-7-6-17(13-28)26-16-4-5-18(25-11-16)22(30)23-2/h4-5,8-11,17,26H,3,6-7,12-13H2,1-2H3,(H,23,30)(H,27,29)/t17-/m1/s1. The molecular formula is C22H26N6O2. The monoisotopic (exact) mass is 406 g/mol. The molecule has 8 heteroatoms. The Kier molecular flexibility index (Phi) is 5.76. The van der Waals surface area contributed by atoms with Crippen LogP contribution in [0, 0.1) is 0 Å². The number of rotatable bonds is 6. The minimum atomic E-state index is -0.190. The Morgan fingerprint density at radius 1 is 1.27 bits per heavy atom. The van der Waals surface area contributed by atoms with Gasteiger partial charge in [-0.05, 0) is 42.7 Å². The van der Waals surface area contributed by atoms with Crippen LogP contribution in [0.3, 0.4) is 0 Å². The Morgan fingerprint density at radius 3 is 2.87 bits per heavy atom. The molecule has 4 rings (SSSR count). The van der Waals surface area contributed by atoms with E-state index in [-0.39, 0.29) is 11.5 Å². The molecule has 1 fully saturated rings. The minimum Gasteiger partial charge on any atom is -0.380 e. The number of carbonyl (C=O) groups is 1. The summed E-state index contributed by atoms with van der Waals surface area (Å²) in [6, 6.07) is 7.81. The lowest BCUT2D eigenvalue weighted by atomic mass is 10.1. The van der Waals surface area contributed by atoms with E-state index in [4.69, 9.17) is 0 Å². The molecule has 0 radical (unpaired) electrons. The molecule has 1 saturated heterocycles. The highest BCUT2D eigenvalue weighted by Gasteiger charge is 2.22. The van der Waals surface area contributed by atoms with Crippen molar-refractivity contribution in [2.24, 2.45) is 0 Å². The molecule has 1 aliphatic heterocycles. The lowest BCUT2D eigenvalue weighted by Gasteiger charge is -2.17. The van der Waals surface area contributed by atoms with Gasteiger partial charge in [-0.1, -0.05) is 6.92 Å². The highest BCUT2D eigenvalue weighted by molar-refractivity contribution is 5.92. The van der Waals surface area contributed by atoms with Gasteiger partial charge >= 0.3 is 0 Å². The van der Waals surface area contributed by atoms with Crippen LogP contribution in [0.4, 0.5) is 5.69 Å². The number of anilines is 1. The molecule has 0 spiro atoms. The van der Waals surface area contributed by atoms with Crippen molar-refractivity contribution >= 4 is 22.6 Å². The molecule has 30 heavy (non-hydrogen) atoms. The summed E-state index contributed by atoms with van der Waals surface area (Å²) < 4.78 is 0. The summed E-state index contributed by atoms with van der Waals surface area (Å²) in [5, 5.41) is 6.06. The van der Waals surface area contributed by atoms with Gasteiger partial charge in [-0.2, -0.15) is 0 Å². The third-order valence-corrected chi connectivity index (χ3v) is 5.48. The Labute approximate surface area is 174 Å². The number of carbonyl (C=O) groups excluding carboxylic acids is 1. The summed E-state index contributed by atoms with van der Waals surface area (Å²) in [6.45, 7) is 4.63. The number of fused-ring (bicyclic) bond motifs is 1. The molecule has 0 unspecified atom stereocenters.